The predicted octanol–water partition coefficient (Wildman–Crippen LogP) is 0.622. The number of benzene rings is 2. The molecule has 2 aliphatic rings. The van der Waals surface area contributed by atoms with Gasteiger partial charge in [0.25, 0.3) is 5.91 Å². The molecule has 35 heavy (non-hydrogen) atoms. The number of ketones is 1. The van der Waals surface area contributed by atoms with Crippen LogP contribution in [0.25, 0.3) is 5.76 Å². The number of rotatable bonds is 8. The second-order valence-corrected chi connectivity index (χ2v) is 9.05. The summed E-state index contributed by atoms with van der Waals surface area (Å²) < 4.78 is 16.4. The SMILES string of the molecule is COc1ccc(C([O-])=C2C(=O)C(=O)N(CC[NH+]3CCOCC3)C2c2ccc(OC(C)C)cc2)cc1. The van der Waals surface area contributed by atoms with Gasteiger partial charge >= 0.3 is 0 Å². The second kappa shape index (κ2) is 10.9. The summed E-state index contributed by atoms with van der Waals surface area (Å²) in [6.07, 6.45) is 0.0160. The van der Waals surface area contributed by atoms with Gasteiger partial charge in [0.1, 0.15) is 24.6 Å². The lowest BCUT2D eigenvalue weighted by molar-refractivity contribution is -0.907. The van der Waals surface area contributed by atoms with Crippen molar-refractivity contribution >= 4 is 17.4 Å². The molecule has 2 aliphatic heterocycles. The molecule has 2 aromatic carbocycles. The predicted molar refractivity (Wildman–Crippen MR) is 128 cm³/mol. The molecule has 0 bridgehead atoms. The monoisotopic (exact) mass is 480 g/mol. The third-order valence-electron chi connectivity index (χ3n) is 6.36. The third kappa shape index (κ3) is 5.49. The summed E-state index contributed by atoms with van der Waals surface area (Å²) in [5, 5.41) is 13.5. The van der Waals surface area contributed by atoms with Crippen molar-refractivity contribution in [1.82, 2.24) is 4.90 Å². The van der Waals surface area contributed by atoms with Crippen molar-refractivity contribution in [3.63, 3.8) is 0 Å². The highest BCUT2D eigenvalue weighted by Gasteiger charge is 2.44. The molecule has 2 heterocycles. The average Bonchev–Trinajstić information content (AvgIpc) is 3.12. The maximum Gasteiger partial charge on any atom is 0.295 e. The lowest BCUT2D eigenvalue weighted by atomic mass is 9.95. The Bertz CT molecular complexity index is 1070. The Morgan fingerprint density at radius 3 is 2.29 bits per heavy atom. The minimum absolute atomic E-state index is 0.0160. The number of nitrogens with zero attached hydrogens (tertiary/aromatic N) is 1. The van der Waals surface area contributed by atoms with Crippen molar-refractivity contribution in [3.05, 3.63) is 65.2 Å². The zero-order valence-corrected chi connectivity index (χ0v) is 20.4. The van der Waals surface area contributed by atoms with Crippen LogP contribution in [0.15, 0.2) is 54.1 Å². The van der Waals surface area contributed by atoms with Crippen molar-refractivity contribution in [2.75, 3.05) is 46.5 Å². The fourth-order valence-corrected chi connectivity index (χ4v) is 4.53. The molecule has 0 aromatic heterocycles. The summed E-state index contributed by atoms with van der Waals surface area (Å²) >= 11 is 0. The van der Waals surface area contributed by atoms with Gasteiger partial charge in [-0.2, -0.15) is 0 Å². The maximum atomic E-state index is 13.5. The molecule has 1 unspecified atom stereocenters. The van der Waals surface area contributed by atoms with Crippen LogP contribution in [-0.2, 0) is 14.3 Å². The molecule has 1 N–H and O–H groups in total. The number of quaternary nitrogens is 1. The molecular weight excluding hydrogens is 448 g/mol. The van der Waals surface area contributed by atoms with E-state index in [1.54, 1.807) is 36.3 Å². The molecule has 0 saturated carbocycles. The summed E-state index contributed by atoms with van der Waals surface area (Å²) in [7, 11) is 1.54. The molecule has 1 atom stereocenters. The average molecular weight is 481 g/mol. The van der Waals surface area contributed by atoms with E-state index in [1.807, 2.05) is 38.1 Å². The topological polar surface area (TPSA) is 92.6 Å². The molecule has 186 valence electrons. The maximum absolute atomic E-state index is 13.5. The first-order valence-electron chi connectivity index (χ1n) is 12.0. The molecule has 4 rings (SSSR count). The zero-order chi connectivity index (χ0) is 24.9. The molecule has 8 heteroatoms. The lowest BCUT2D eigenvalue weighted by Gasteiger charge is -2.30. The highest BCUT2D eigenvalue weighted by Crippen LogP contribution is 2.39. The van der Waals surface area contributed by atoms with Crippen molar-refractivity contribution in [3.8, 4) is 11.5 Å². The summed E-state index contributed by atoms with van der Waals surface area (Å²) in [4.78, 5) is 29.2. The van der Waals surface area contributed by atoms with Crippen LogP contribution in [0.3, 0.4) is 0 Å². The Labute approximate surface area is 205 Å². The van der Waals surface area contributed by atoms with E-state index >= 15 is 0 Å². The highest BCUT2D eigenvalue weighted by atomic mass is 16.5. The zero-order valence-electron chi connectivity index (χ0n) is 20.4. The normalized spacial score (nSPS) is 20.5. The van der Waals surface area contributed by atoms with Gasteiger partial charge in [0.15, 0.2) is 0 Å². The van der Waals surface area contributed by atoms with Gasteiger partial charge in [-0.15, -0.1) is 0 Å². The number of nitrogens with one attached hydrogen (secondary N) is 1. The number of morpholine rings is 1. The fourth-order valence-electron chi connectivity index (χ4n) is 4.53. The number of Topliss-reactive ketones (excluding diaryl/α,β-unsaturated/α-hetero) is 1. The smallest absolute Gasteiger partial charge is 0.295 e. The van der Waals surface area contributed by atoms with Gasteiger partial charge in [0, 0.05) is 5.57 Å². The van der Waals surface area contributed by atoms with Crippen molar-refractivity contribution in [2.45, 2.75) is 26.0 Å². The van der Waals surface area contributed by atoms with Crippen LogP contribution in [0.2, 0.25) is 0 Å². The lowest BCUT2D eigenvalue weighted by Crippen LogP contribution is -3.14. The van der Waals surface area contributed by atoms with Crippen LogP contribution in [0.1, 0.15) is 31.0 Å². The first-order chi connectivity index (χ1) is 16.9. The fraction of sp³-hybridized carbons (Fsp3) is 0.407. The Morgan fingerprint density at radius 1 is 1.06 bits per heavy atom. The molecule has 0 aliphatic carbocycles. The molecular formula is C27H32N2O6. The molecule has 2 saturated heterocycles. The molecule has 2 aromatic rings. The van der Waals surface area contributed by atoms with Crippen molar-refractivity contribution < 1.29 is 33.8 Å². The minimum Gasteiger partial charge on any atom is -0.872 e. The summed E-state index contributed by atoms with van der Waals surface area (Å²) in [6, 6.07) is 13.1. The first-order valence-corrected chi connectivity index (χ1v) is 12.0. The van der Waals surface area contributed by atoms with Gasteiger partial charge in [-0.05, 0) is 49.2 Å². The standard InChI is InChI=1S/C27H32N2O6/c1-18(2)35-22-10-4-19(5-11-22)24-23(25(30)20-6-8-21(33-3)9-7-20)26(31)27(32)29(24)13-12-28-14-16-34-17-15-28/h4-11,18,24,30H,12-17H2,1-3H3. The van der Waals surface area contributed by atoms with Gasteiger partial charge in [-0.1, -0.05) is 30.0 Å². The van der Waals surface area contributed by atoms with Gasteiger partial charge in [0.2, 0.25) is 5.78 Å². The molecule has 8 nitrogen and oxygen atoms in total. The Kier molecular flexibility index (Phi) is 7.73. The van der Waals surface area contributed by atoms with Gasteiger partial charge < -0.3 is 29.1 Å². The number of carbonyl (C=O) groups excluding carboxylic acids is 2. The van der Waals surface area contributed by atoms with E-state index in [9.17, 15) is 14.7 Å². The van der Waals surface area contributed by atoms with E-state index in [0.29, 0.717) is 48.9 Å². The molecule has 0 radical (unpaired) electrons. The van der Waals surface area contributed by atoms with E-state index in [0.717, 1.165) is 13.1 Å². The number of likely N-dealkylation sites (tertiary alicyclic amines) is 1. The molecule has 0 spiro atoms. The van der Waals surface area contributed by atoms with Crippen LogP contribution >= 0.6 is 0 Å². The summed E-state index contributed by atoms with van der Waals surface area (Å²) in [6.45, 7) is 7.99. The van der Waals surface area contributed by atoms with E-state index < -0.39 is 23.5 Å². The Balaban J connectivity index is 1.71. The number of hydrogen-bond acceptors (Lipinski definition) is 6. The minimum atomic E-state index is -0.752. The quantitative estimate of drug-likeness (QED) is 0.338. The van der Waals surface area contributed by atoms with Gasteiger partial charge in [-0.3, -0.25) is 9.59 Å². The van der Waals surface area contributed by atoms with E-state index in [4.69, 9.17) is 14.2 Å². The Hall–Kier alpha value is -3.36. The number of ether oxygens (including phenoxy) is 3. The molecule has 1 amide bonds. The Morgan fingerprint density at radius 2 is 1.69 bits per heavy atom. The summed E-state index contributed by atoms with van der Waals surface area (Å²) in [5.41, 5.74) is 1.02. The third-order valence-corrected chi connectivity index (χ3v) is 6.36. The van der Waals surface area contributed by atoms with Crippen LogP contribution < -0.4 is 19.5 Å². The van der Waals surface area contributed by atoms with E-state index in [-0.39, 0.29) is 11.7 Å². The number of amides is 1. The van der Waals surface area contributed by atoms with Crippen LogP contribution in [0.5, 0.6) is 11.5 Å². The van der Waals surface area contributed by atoms with Crippen LogP contribution in [-0.4, -0.2) is 69.2 Å². The van der Waals surface area contributed by atoms with E-state index in [1.165, 1.54) is 4.90 Å². The van der Waals surface area contributed by atoms with Gasteiger partial charge in [0.05, 0.1) is 45.6 Å². The first kappa shape index (κ1) is 24.8. The summed E-state index contributed by atoms with van der Waals surface area (Å²) in [5.74, 6) is -0.531. The molecule has 2 fully saturated rings. The van der Waals surface area contributed by atoms with Crippen LogP contribution in [0, 0.1) is 0 Å². The second-order valence-electron chi connectivity index (χ2n) is 9.05. The number of carbonyl (C=O) groups is 2. The van der Waals surface area contributed by atoms with Gasteiger partial charge in [-0.25, -0.2) is 0 Å². The van der Waals surface area contributed by atoms with Crippen molar-refractivity contribution in [2.24, 2.45) is 0 Å². The number of methoxy groups -OCH3 is 1. The largest absolute Gasteiger partial charge is 0.872 e. The highest BCUT2D eigenvalue weighted by molar-refractivity contribution is 6.46. The van der Waals surface area contributed by atoms with Crippen LogP contribution in [0.4, 0.5) is 0 Å². The van der Waals surface area contributed by atoms with E-state index in [2.05, 4.69) is 0 Å². The number of hydrogen-bond donors (Lipinski definition) is 1. The van der Waals surface area contributed by atoms with Crippen molar-refractivity contribution in [1.29, 1.82) is 0 Å².